The van der Waals surface area contributed by atoms with Crippen molar-refractivity contribution in [3.05, 3.63) is 30.6 Å². The van der Waals surface area contributed by atoms with Crippen LogP contribution in [0.5, 0.6) is 5.88 Å². The molecule has 0 amide bonds. The lowest BCUT2D eigenvalue weighted by Gasteiger charge is -2.18. The van der Waals surface area contributed by atoms with Crippen LogP contribution >= 0.6 is 0 Å². The number of nitrogens with two attached hydrogens (primary N) is 1. The van der Waals surface area contributed by atoms with Crippen LogP contribution in [0.2, 0.25) is 0 Å². The molecule has 2 unspecified atom stereocenters. The molecule has 84 valence electrons. The van der Waals surface area contributed by atoms with Gasteiger partial charge in [-0.05, 0) is 31.4 Å². The minimum atomic E-state index is 0.146. The fourth-order valence-corrected chi connectivity index (χ4v) is 2.27. The molecule has 2 aromatic heterocycles. The molecule has 0 saturated heterocycles. The molecular formula is C12H15N3O. The molecule has 0 aliphatic heterocycles. The van der Waals surface area contributed by atoms with Crippen molar-refractivity contribution in [3.8, 4) is 5.88 Å². The first-order chi connectivity index (χ1) is 7.84. The molecule has 2 N–H and O–H groups in total. The molecule has 0 spiro atoms. The van der Waals surface area contributed by atoms with E-state index in [2.05, 4.69) is 4.98 Å². The third-order valence-electron chi connectivity index (χ3n) is 3.17. The second-order valence-electron chi connectivity index (χ2n) is 4.27. The van der Waals surface area contributed by atoms with Gasteiger partial charge in [0.1, 0.15) is 11.8 Å². The summed E-state index contributed by atoms with van der Waals surface area (Å²) in [6.07, 6.45) is 7.10. The van der Waals surface area contributed by atoms with Crippen LogP contribution in [0.4, 0.5) is 0 Å². The van der Waals surface area contributed by atoms with Crippen LogP contribution in [-0.2, 0) is 0 Å². The van der Waals surface area contributed by atoms with Crippen molar-refractivity contribution in [2.24, 2.45) is 5.73 Å². The first kappa shape index (κ1) is 9.66. The van der Waals surface area contributed by atoms with E-state index in [0.717, 1.165) is 30.8 Å². The molecule has 0 bridgehead atoms. The zero-order chi connectivity index (χ0) is 11.0. The quantitative estimate of drug-likeness (QED) is 0.831. The number of rotatable bonds is 2. The summed E-state index contributed by atoms with van der Waals surface area (Å²) >= 11 is 0. The van der Waals surface area contributed by atoms with Crippen LogP contribution in [0.15, 0.2) is 30.6 Å². The van der Waals surface area contributed by atoms with Gasteiger partial charge in [0.25, 0.3) is 0 Å². The molecule has 2 heterocycles. The maximum atomic E-state index is 6.00. The Morgan fingerprint density at radius 2 is 2.31 bits per heavy atom. The van der Waals surface area contributed by atoms with E-state index in [9.17, 15) is 0 Å². The maximum Gasteiger partial charge on any atom is 0.199 e. The smallest absolute Gasteiger partial charge is 0.199 e. The molecule has 3 rings (SSSR count). The van der Waals surface area contributed by atoms with E-state index in [-0.39, 0.29) is 12.1 Å². The Bertz CT molecular complexity index is 494. The van der Waals surface area contributed by atoms with Crippen LogP contribution < -0.4 is 10.5 Å². The highest BCUT2D eigenvalue weighted by atomic mass is 16.5. The van der Waals surface area contributed by atoms with Crippen molar-refractivity contribution in [1.29, 1.82) is 0 Å². The first-order valence-corrected chi connectivity index (χ1v) is 5.69. The summed E-state index contributed by atoms with van der Waals surface area (Å²) in [5.74, 6) is 0.831. The average Bonchev–Trinajstić information content (AvgIpc) is 2.89. The van der Waals surface area contributed by atoms with Crippen LogP contribution in [-0.4, -0.2) is 21.5 Å². The molecular weight excluding hydrogens is 202 g/mol. The van der Waals surface area contributed by atoms with Crippen molar-refractivity contribution in [2.75, 3.05) is 0 Å². The molecule has 1 aliphatic carbocycles. The van der Waals surface area contributed by atoms with E-state index in [1.54, 1.807) is 6.20 Å². The first-order valence-electron chi connectivity index (χ1n) is 5.69. The zero-order valence-electron chi connectivity index (χ0n) is 9.04. The largest absolute Gasteiger partial charge is 0.474 e. The Kier molecular flexibility index (Phi) is 2.29. The minimum Gasteiger partial charge on any atom is -0.474 e. The molecule has 4 nitrogen and oxygen atoms in total. The lowest BCUT2D eigenvalue weighted by molar-refractivity contribution is 0.181. The molecule has 2 atom stereocenters. The van der Waals surface area contributed by atoms with Crippen LogP contribution in [0.1, 0.15) is 19.3 Å². The Morgan fingerprint density at radius 3 is 3.12 bits per heavy atom. The van der Waals surface area contributed by atoms with Crippen LogP contribution in [0, 0.1) is 0 Å². The van der Waals surface area contributed by atoms with Gasteiger partial charge in [-0.15, -0.1) is 0 Å². The van der Waals surface area contributed by atoms with Crippen molar-refractivity contribution in [1.82, 2.24) is 9.38 Å². The second-order valence-corrected chi connectivity index (χ2v) is 4.27. The van der Waals surface area contributed by atoms with Gasteiger partial charge in [0.15, 0.2) is 5.88 Å². The summed E-state index contributed by atoms with van der Waals surface area (Å²) in [5, 5.41) is 0. The number of ether oxygens (including phenoxy) is 1. The Labute approximate surface area is 94.0 Å². The van der Waals surface area contributed by atoms with E-state index >= 15 is 0 Å². The topological polar surface area (TPSA) is 52.5 Å². The number of hydrogen-bond acceptors (Lipinski definition) is 3. The normalized spacial score (nSPS) is 25.1. The Hall–Kier alpha value is -1.55. The Morgan fingerprint density at radius 1 is 1.38 bits per heavy atom. The lowest BCUT2D eigenvalue weighted by atomic mass is 10.2. The van der Waals surface area contributed by atoms with E-state index in [0.29, 0.717) is 0 Å². The van der Waals surface area contributed by atoms with Crippen molar-refractivity contribution in [2.45, 2.75) is 31.4 Å². The van der Waals surface area contributed by atoms with E-state index < -0.39 is 0 Å². The maximum absolute atomic E-state index is 6.00. The highest BCUT2D eigenvalue weighted by Crippen LogP contribution is 2.23. The predicted molar refractivity (Wildman–Crippen MR) is 61.4 cm³/mol. The number of nitrogens with zero attached hydrogens (tertiary/aromatic N) is 2. The van der Waals surface area contributed by atoms with Gasteiger partial charge in [0.2, 0.25) is 0 Å². The highest BCUT2D eigenvalue weighted by molar-refractivity contribution is 5.41. The fraction of sp³-hybridized carbons (Fsp3) is 0.417. The van der Waals surface area contributed by atoms with Gasteiger partial charge in [0, 0.05) is 18.4 Å². The third kappa shape index (κ3) is 1.55. The average molecular weight is 217 g/mol. The van der Waals surface area contributed by atoms with Crippen molar-refractivity contribution in [3.63, 3.8) is 0 Å². The zero-order valence-corrected chi connectivity index (χ0v) is 9.04. The summed E-state index contributed by atoms with van der Waals surface area (Å²) in [7, 11) is 0. The Balaban J connectivity index is 1.91. The number of hydrogen-bond donors (Lipinski definition) is 1. The predicted octanol–water partition coefficient (Wildman–Crippen LogP) is 1.59. The summed E-state index contributed by atoms with van der Waals surface area (Å²) in [4.78, 5) is 4.22. The van der Waals surface area contributed by atoms with Gasteiger partial charge in [-0.3, -0.25) is 4.40 Å². The third-order valence-corrected chi connectivity index (χ3v) is 3.17. The summed E-state index contributed by atoms with van der Waals surface area (Å²) in [5.41, 5.74) is 6.90. The van der Waals surface area contributed by atoms with Crippen molar-refractivity contribution < 1.29 is 4.74 Å². The molecule has 0 radical (unpaired) electrons. The van der Waals surface area contributed by atoms with Crippen molar-refractivity contribution >= 4 is 5.65 Å². The summed E-state index contributed by atoms with van der Waals surface area (Å²) in [6, 6.07) is 6.04. The van der Waals surface area contributed by atoms with E-state index in [4.69, 9.17) is 10.5 Å². The SMILES string of the molecule is NC1CCCC1Oc1cccc2nccn12. The molecule has 1 fully saturated rings. The summed E-state index contributed by atoms with van der Waals surface area (Å²) in [6.45, 7) is 0. The number of pyridine rings is 1. The molecule has 1 saturated carbocycles. The number of aromatic nitrogens is 2. The molecule has 1 aliphatic rings. The molecule has 0 aromatic carbocycles. The van der Waals surface area contributed by atoms with E-state index in [1.165, 1.54) is 0 Å². The van der Waals surface area contributed by atoms with E-state index in [1.807, 2.05) is 28.8 Å². The van der Waals surface area contributed by atoms with Gasteiger partial charge in [0.05, 0.1) is 0 Å². The standard InChI is InChI=1S/C12H15N3O/c13-9-3-1-4-10(9)16-12-6-2-5-11-14-7-8-15(11)12/h2,5-10H,1,3-4,13H2. The van der Waals surface area contributed by atoms with Crippen LogP contribution in [0.25, 0.3) is 5.65 Å². The minimum absolute atomic E-state index is 0.146. The monoisotopic (exact) mass is 217 g/mol. The molecule has 2 aromatic rings. The van der Waals surface area contributed by atoms with Gasteiger partial charge in [-0.2, -0.15) is 0 Å². The van der Waals surface area contributed by atoms with Gasteiger partial charge >= 0.3 is 0 Å². The molecule has 4 heteroatoms. The number of imidazole rings is 1. The number of fused-ring (bicyclic) bond motifs is 1. The highest BCUT2D eigenvalue weighted by Gasteiger charge is 2.26. The van der Waals surface area contributed by atoms with Crippen LogP contribution in [0.3, 0.4) is 0 Å². The lowest BCUT2D eigenvalue weighted by Crippen LogP contribution is -2.34. The van der Waals surface area contributed by atoms with Gasteiger partial charge in [-0.1, -0.05) is 6.07 Å². The second kappa shape index (κ2) is 3.79. The summed E-state index contributed by atoms with van der Waals surface area (Å²) < 4.78 is 7.91. The van der Waals surface area contributed by atoms with Gasteiger partial charge < -0.3 is 10.5 Å². The molecule has 16 heavy (non-hydrogen) atoms. The fourth-order valence-electron chi connectivity index (χ4n) is 2.27. The van der Waals surface area contributed by atoms with Gasteiger partial charge in [-0.25, -0.2) is 4.98 Å².